The highest BCUT2D eigenvalue weighted by Crippen LogP contribution is 2.30. The summed E-state index contributed by atoms with van der Waals surface area (Å²) in [6, 6.07) is 7.00. The molecule has 0 unspecified atom stereocenters. The number of hydrogen-bond acceptors (Lipinski definition) is 7. The lowest BCUT2D eigenvalue weighted by Crippen LogP contribution is -2.42. The minimum absolute atomic E-state index is 0.0370. The second-order valence-corrected chi connectivity index (χ2v) is 6.05. The molecule has 2 rings (SSSR count). The van der Waals surface area contributed by atoms with E-state index < -0.39 is 23.5 Å². The summed E-state index contributed by atoms with van der Waals surface area (Å²) in [7, 11) is 1.37. The van der Waals surface area contributed by atoms with Gasteiger partial charge in [-0.1, -0.05) is 6.07 Å². The Morgan fingerprint density at radius 2 is 2.08 bits per heavy atom. The molecule has 138 valence electrons. The van der Waals surface area contributed by atoms with Gasteiger partial charge in [-0.15, -0.1) is 11.3 Å². The van der Waals surface area contributed by atoms with Gasteiger partial charge in [0.1, 0.15) is 0 Å². The number of benzene rings is 1. The smallest absolute Gasteiger partial charge is 0.321 e. The molecule has 0 bridgehead atoms. The molecule has 0 aliphatic carbocycles. The molecule has 9 nitrogen and oxygen atoms in total. The first-order valence-corrected chi connectivity index (χ1v) is 8.43. The number of thiophene rings is 1. The SMILES string of the molecule is COc1ccc([N+](=O)[O-])cc1OCC(=O)NC(=O)NCCc1cccs1. The van der Waals surface area contributed by atoms with Crippen LogP contribution < -0.4 is 20.1 Å². The number of nitrogens with one attached hydrogen (secondary N) is 2. The predicted molar refractivity (Wildman–Crippen MR) is 94.7 cm³/mol. The highest BCUT2D eigenvalue weighted by Gasteiger charge is 2.14. The number of nitro benzene ring substituents is 1. The zero-order chi connectivity index (χ0) is 18.9. The average molecular weight is 379 g/mol. The van der Waals surface area contributed by atoms with E-state index in [-0.39, 0.29) is 17.2 Å². The average Bonchev–Trinajstić information content (AvgIpc) is 3.13. The van der Waals surface area contributed by atoms with E-state index in [4.69, 9.17) is 9.47 Å². The first-order valence-electron chi connectivity index (χ1n) is 7.55. The van der Waals surface area contributed by atoms with Crippen LogP contribution in [-0.4, -0.2) is 37.1 Å². The Balaban J connectivity index is 1.79. The fourth-order valence-electron chi connectivity index (χ4n) is 2.00. The summed E-state index contributed by atoms with van der Waals surface area (Å²) >= 11 is 1.58. The number of urea groups is 1. The highest BCUT2D eigenvalue weighted by atomic mass is 32.1. The molecule has 0 saturated carbocycles. The number of rotatable bonds is 8. The Bertz CT molecular complexity index is 778. The molecule has 3 amide bonds. The van der Waals surface area contributed by atoms with E-state index in [1.54, 1.807) is 11.3 Å². The molecule has 26 heavy (non-hydrogen) atoms. The van der Waals surface area contributed by atoms with Crippen LogP contribution in [0.15, 0.2) is 35.7 Å². The second-order valence-electron chi connectivity index (χ2n) is 5.01. The fraction of sp³-hybridized carbons (Fsp3) is 0.250. The Morgan fingerprint density at radius 1 is 1.27 bits per heavy atom. The van der Waals surface area contributed by atoms with Crippen molar-refractivity contribution in [1.29, 1.82) is 0 Å². The van der Waals surface area contributed by atoms with Crippen molar-refractivity contribution in [2.75, 3.05) is 20.3 Å². The van der Waals surface area contributed by atoms with E-state index in [9.17, 15) is 19.7 Å². The zero-order valence-electron chi connectivity index (χ0n) is 13.9. The molecule has 1 heterocycles. The van der Waals surface area contributed by atoms with Crippen molar-refractivity contribution in [3.63, 3.8) is 0 Å². The standard InChI is InChI=1S/C16H17N3O6S/c1-24-13-5-4-11(19(22)23)9-14(13)25-10-15(20)18-16(21)17-7-6-12-3-2-8-26-12/h2-5,8-9H,6-7,10H2,1H3,(H2,17,18,20,21). The van der Waals surface area contributed by atoms with Gasteiger partial charge in [0.15, 0.2) is 18.1 Å². The molecule has 2 N–H and O–H groups in total. The van der Waals surface area contributed by atoms with E-state index in [0.29, 0.717) is 13.0 Å². The summed E-state index contributed by atoms with van der Waals surface area (Å²) in [6.45, 7) is -0.102. The van der Waals surface area contributed by atoms with E-state index in [1.807, 2.05) is 17.5 Å². The zero-order valence-corrected chi connectivity index (χ0v) is 14.7. The van der Waals surface area contributed by atoms with Crippen LogP contribution in [0.4, 0.5) is 10.5 Å². The molecule has 0 radical (unpaired) electrons. The van der Waals surface area contributed by atoms with Crippen LogP contribution in [0.25, 0.3) is 0 Å². The van der Waals surface area contributed by atoms with Crippen molar-refractivity contribution >= 4 is 29.0 Å². The number of non-ortho nitro benzene ring substituents is 1. The molecule has 1 aromatic carbocycles. The molecule has 10 heteroatoms. The summed E-state index contributed by atoms with van der Waals surface area (Å²) in [4.78, 5) is 34.8. The minimum Gasteiger partial charge on any atom is -0.493 e. The van der Waals surface area contributed by atoms with E-state index in [1.165, 1.54) is 19.2 Å². The van der Waals surface area contributed by atoms with Gasteiger partial charge in [-0.2, -0.15) is 0 Å². The van der Waals surface area contributed by atoms with Gasteiger partial charge in [0.25, 0.3) is 11.6 Å². The molecule has 1 aromatic heterocycles. The number of imide groups is 1. The number of carbonyl (C=O) groups excluding carboxylic acids is 2. The van der Waals surface area contributed by atoms with Crippen molar-refractivity contribution in [3.05, 3.63) is 50.7 Å². The fourth-order valence-corrected chi connectivity index (χ4v) is 2.70. The van der Waals surface area contributed by atoms with Gasteiger partial charge in [0.05, 0.1) is 18.1 Å². The number of ether oxygens (including phenoxy) is 2. The Labute approximate surface area is 153 Å². The van der Waals surface area contributed by atoms with Crippen molar-refractivity contribution in [2.45, 2.75) is 6.42 Å². The van der Waals surface area contributed by atoms with Crippen LogP contribution in [-0.2, 0) is 11.2 Å². The van der Waals surface area contributed by atoms with Crippen molar-refractivity contribution in [2.24, 2.45) is 0 Å². The summed E-state index contributed by atoms with van der Waals surface area (Å²) in [6.07, 6.45) is 0.667. The first-order chi connectivity index (χ1) is 12.5. The number of nitrogens with zero attached hydrogens (tertiary/aromatic N) is 1. The Morgan fingerprint density at radius 3 is 2.73 bits per heavy atom. The van der Waals surface area contributed by atoms with Gasteiger partial charge in [-0.25, -0.2) is 4.79 Å². The molecule has 0 aliphatic heterocycles. The molecule has 0 atom stereocenters. The summed E-state index contributed by atoms with van der Waals surface area (Å²) in [5.41, 5.74) is -0.201. The van der Waals surface area contributed by atoms with Crippen LogP contribution in [0.5, 0.6) is 11.5 Å². The van der Waals surface area contributed by atoms with Crippen molar-refractivity contribution in [1.82, 2.24) is 10.6 Å². The normalized spacial score (nSPS) is 10.0. The number of carbonyl (C=O) groups is 2. The molecule has 0 saturated heterocycles. The maximum atomic E-state index is 11.8. The lowest BCUT2D eigenvalue weighted by molar-refractivity contribution is -0.385. The second kappa shape index (κ2) is 9.37. The van der Waals surface area contributed by atoms with Gasteiger partial charge >= 0.3 is 6.03 Å². The third-order valence-electron chi connectivity index (χ3n) is 3.21. The number of nitro groups is 1. The third kappa shape index (κ3) is 5.74. The number of methoxy groups -OCH3 is 1. The topological polar surface area (TPSA) is 120 Å². The van der Waals surface area contributed by atoms with Crippen molar-refractivity contribution < 1.29 is 24.0 Å². The van der Waals surface area contributed by atoms with Gasteiger partial charge in [0.2, 0.25) is 0 Å². The van der Waals surface area contributed by atoms with Crippen LogP contribution in [0.1, 0.15) is 4.88 Å². The maximum absolute atomic E-state index is 11.8. The number of hydrogen-bond donors (Lipinski definition) is 2. The molecule has 0 spiro atoms. The van der Waals surface area contributed by atoms with Crippen LogP contribution >= 0.6 is 11.3 Å². The monoisotopic (exact) mass is 379 g/mol. The van der Waals surface area contributed by atoms with Crippen LogP contribution in [0.3, 0.4) is 0 Å². The lowest BCUT2D eigenvalue weighted by atomic mass is 10.3. The predicted octanol–water partition coefficient (Wildman–Crippen LogP) is 2.11. The summed E-state index contributed by atoms with van der Waals surface area (Å²) in [5.74, 6) is -0.411. The Kier molecular flexibility index (Phi) is 6.92. The third-order valence-corrected chi connectivity index (χ3v) is 4.14. The van der Waals surface area contributed by atoms with Crippen molar-refractivity contribution in [3.8, 4) is 11.5 Å². The number of amides is 3. The molecular weight excluding hydrogens is 362 g/mol. The van der Waals surface area contributed by atoms with Gasteiger partial charge in [-0.3, -0.25) is 20.2 Å². The first kappa shape index (κ1) is 19.2. The lowest BCUT2D eigenvalue weighted by Gasteiger charge is -2.10. The molecule has 0 fully saturated rings. The molecular formula is C16H17N3O6S. The van der Waals surface area contributed by atoms with Gasteiger partial charge in [-0.05, 0) is 23.9 Å². The Hall–Kier alpha value is -3.14. The van der Waals surface area contributed by atoms with E-state index in [2.05, 4.69) is 10.6 Å². The summed E-state index contributed by atoms with van der Waals surface area (Å²) in [5, 5.41) is 17.4. The van der Waals surface area contributed by atoms with Crippen LogP contribution in [0.2, 0.25) is 0 Å². The largest absolute Gasteiger partial charge is 0.493 e. The van der Waals surface area contributed by atoms with Gasteiger partial charge in [0, 0.05) is 17.5 Å². The molecule has 2 aromatic rings. The van der Waals surface area contributed by atoms with Gasteiger partial charge < -0.3 is 14.8 Å². The highest BCUT2D eigenvalue weighted by molar-refractivity contribution is 7.09. The molecule has 0 aliphatic rings. The minimum atomic E-state index is -0.688. The quantitative estimate of drug-likeness (QED) is 0.535. The maximum Gasteiger partial charge on any atom is 0.321 e. The van der Waals surface area contributed by atoms with E-state index in [0.717, 1.165) is 10.9 Å². The summed E-state index contributed by atoms with van der Waals surface area (Å²) < 4.78 is 10.2. The van der Waals surface area contributed by atoms with Crippen LogP contribution in [0, 0.1) is 10.1 Å². The van der Waals surface area contributed by atoms with E-state index >= 15 is 0 Å².